The van der Waals surface area contributed by atoms with E-state index in [1.165, 1.54) is 0 Å². The van der Waals surface area contributed by atoms with Crippen LogP contribution in [0.2, 0.25) is 0 Å². The first-order valence-electron chi connectivity index (χ1n) is 16.2. The first-order valence-corrected chi connectivity index (χ1v) is 16.2. The van der Waals surface area contributed by atoms with Gasteiger partial charge in [0.1, 0.15) is 11.8 Å². The molecule has 0 aliphatic heterocycles. The number of rotatable bonds is 12. The number of carbonyl (C=O) groups excluding carboxylic acids is 2. The second-order valence-electron chi connectivity index (χ2n) is 13.6. The van der Waals surface area contributed by atoms with Gasteiger partial charge in [0, 0.05) is 35.1 Å². The van der Waals surface area contributed by atoms with E-state index in [0.717, 1.165) is 22.5 Å². The van der Waals surface area contributed by atoms with Gasteiger partial charge in [-0.15, -0.1) is 0 Å². The monoisotopic (exact) mass is 620 g/mol. The number of benzene rings is 2. The Morgan fingerprint density at radius 2 is 1.56 bits per heavy atom. The molecule has 1 fully saturated rings. The van der Waals surface area contributed by atoms with E-state index in [2.05, 4.69) is 23.7 Å². The summed E-state index contributed by atoms with van der Waals surface area (Å²) in [5.74, 6) is -0.721. The Labute approximate surface area is 266 Å². The number of alkyl halides is 1. The van der Waals surface area contributed by atoms with Crippen molar-refractivity contribution in [2.24, 2.45) is 0 Å². The van der Waals surface area contributed by atoms with E-state index in [1.807, 2.05) is 60.7 Å². The van der Waals surface area contributed by atoms with Crippen molar-refractivity contribution >= 4 is 17.6 Å². The molecule has 1 aromatic heterocycles. The van der Waals surface area contributed by atoms with E-state index < -0.39 is 29.9 Å². The molecule has 7 nitrogen and oxygen atoms in total. The minimum absolute atomic E-state index is 0.0205. The van der Waals surface area contributed by atoms with Crippen molar-refractivity contribution in [1.29, 1.82) is 0 Å². The fraction of sp³-hybridized carbons (Fsp3) is 0.514. The molecule has 0 unspecified atom stereocenters. The van der Waals surface area contributed by atoms with Crippen LogP contribution in [-0.4, -0.2) is 50.6 Å². The van der Waals surface area contributed by atoms with E-state index in [4.69, 9.17) is 4.74 Å². The summed E-state index contributed by atoms with van der Waals surface area (Å²) < 4.78 is 21.9. The quantitative estimate of drug-likeness (QED) is 0.180. The van der Waals surface area contributed by atoms with Crippen LogP contribution in [-0.2, 0) is 16.1 Å². The molecule has 1 aliphatic carbocycles. The number of ether oxygens (including phenoxy) is 1. The van der Waals surface area contributed by atoms with Gasteiger partial charge in [0.2, 0.25) is 0 Å². The Bertz CT molecular complexity index is 1410. The third kappa shape index (κ3) is 9.27. The third-order valence-electron chi connectivity index (χ3n) is 8.31. The lowest BCUT2D eigenvalue weighted by Gasteiger charge is -2.28. The summed E-state index contributed by atoms with van der Waals surface area (Å²) in [6.45, 7) is 9.82. The molecule has 2 atom stereocenters. The molecule has 0 spiro atoms. The number of amides is 1. The summed E-state index contributed by atoms with van der Waals surface area (Å²) in [5, 5.41) is 24.7. The maximum absolute atomic E-state index is 14.4. The highest BCUT2D eigenvalue weighted by Gasteiger charge is 2.35. The number of aliphatic hydroxyl groups excluding tert-OH is 2. The SMILES string of the molecule is CC(C)c1c(C(=O)Nc2ccccc2)c(-c2ccccc2)c(C2CCC(F)CC2)n1CC[C@@H](O)C[C@@H](O)CC(=O)OC(C)(C)C. The molecular weight excluding hydrogens is 571 g/mol. The van der Waals surface area contributed by atoms with Crippen molar-refractivity contribution in [3.8, 4) is 11.1 Å². The normalized spacial score (nSPS) is 18.4. The summed E-state index contributed by atoms with van der Waals surface area (Å²) in [5.41, 5.74) is 4.26. The highest BCUT2D eigenvalue weighted by molar-refractivity contribution is 6.10. The van der Waals surface area contributed by atoms with E-state index in [9.17, 15) is 24.2 Å². The zero-order valence-corrected chi connectivity index (χ0v) is 27.3. The number of carbonyl (C=O) groups is 2. The number of esters is 1. The van der Waals surface area contributed by atoms with Crippen LogP contribution in [0.1, 0.15) is 113 Å². The third-order valence-corrected chi connectivity index (χ3v) is 8.31. The van der Waals surface area contributed by atoms with E-state index in [0.29, 0.717) is 49.9 Å². The lowest BCUT2D eigenvalue weighted by molar-refractivity contribution is -0.157. The van der Waals surface area contributed by atoms with E-state index in [-0.39, 0.29) is 30.6 Å². The Morgan fingerprint density at radius 1 is 0.956 bits per heavy atom. The number of nitrogens with zero attached hydrogens (tertiary/aromatic N) is 1. The summed E-state index contributed by atoms with van der Waals surface area (Å²) in [7, 11) is 0. The van der Waals surface area contributed by atoms with Crippen molar-refractivity contribution in [2.45, 2.75) is 122 Å². The van der Waals surface area contributed by atoms with Gasteiger partial charge in [-0.3, -0.25) is 9.59 Å². The molecule has 8 heteroatoms. The van der Waals surface area contributed by atoms with Crippen LogP contribution >= 0.6 is 0 Å². The topological polar surface area (TPSA) is 101 Å². The number of halogens is 1. The average Bonchev–Trinajstić information content (AvgIpc) is 3.32. The van der Waals surface area contributed by atoms with Crippen molar-refractivity contribution < 1.29 is 28.9 Å². The molecule has 1 aliphatic rings. The fourth-order valence-electron chi connectivity index (χ4n) is 6.46. The molecule has 3 aromatic rings. The maximum Gasteiger partial charge on any atom is 0.308 e. The van der Waals surface area contributed by atoms with Gasteiger partial charge in [-0.05, 0) is 82.9 Å². The number of hydrogen-bond acceptors (Lipinski definition) is 5. The summed E-state index contributed by atoms with van der Waals surface area (Å²) >= 11 is 0. The summed E-state index contributed by atoms with van der Waals surface area (Å²) in [6, 6.07) is 19.2. The molecule has 45 heavy (non-hydrogen) atoms. The van der Waals surface area contributed by atoms with Crippen molar-refractivity contribution in [3.05, 3.63) is 77.6 Å². The number of aromatic nitrogens is 1. The Hall–Kier alpha value is -3.49. The minimum Gasteiger partial charge on any atom is -0.460 e. The van der Waals surface area contributed by atoms with Crippen molar-refractivity contribution in [2.75, 3.05) is 5.32 Å². The lowest BCUT2D eigenvalue weighted by Crippen LogP contribution is -2.28. The first-order chi connectivity index (χ1) is 21.3. The molecule has 2 aromatic carbocycles. The summed E-state index contributed by atoms with van der Waals surface area (Å²) in [6.07, 6.45) is -0.377. The molecule has 1 amide bonds. The van der Waals surface area contributed by atoms with Gasteiger partial charge in [0.25, 0.3) is 5.91 Å². The number of hydrogen-bond donors (Lipinski definition) is 3. The number of anilines is 1. The second-order valence-corrected chi connectivity index (χ2v) is 13.6. The van der Waals surface area contributed by atoms with Crippen LogP contribution in [0.4, 0.5) is 10.1 Å². The van der Waals surface area contributed by atoms with Crippen LogP contribution in [0.5, 0.6) is 0 Å². The van der Waals surface area contributed by atoms with Crippen LogP contribution in [0.15, 0.2) is 60.7 Å². The van der Waals surface area contributed by atoms with Crippen molar-refractivity contribution in [3.63, 3.8) is 0 Å². The number of para-hydroxylation sites is 1. The fourth-order valence-corrected chi connectivity index (χ4v) is 6.46. The molecule has 4 rings (SSSR count). The maximum atomic E-state index is 14.4. The molecular formula is C37H49FN2O5. The van der Waals surface area contributed by atoms with Crippen LogP contribution in [0.3, 0.4) is 0 Å². The van der Waals surface area contributed by atoms with Crippen LogP contribution in [0, 0.1) is 0 Å². The number of aliphatic hydroxyl groups is 2. The van der Waals surface area contributed by atoms with Gasteiger partial charge in [0.15, 0.2) is 0 Å². The van der Waals surface area contributed by atoms with Gasteiger partial charge in [0.05, 0.1) is 24.2 Å². The zero-order valence-electron chi connectivity index (χ0n) is 27.3. The molecule has 0 radical (unpaired) electrons. The Balaban J connectivity index is 1.73. The molecule has 3 N–H and O–H groups in total. The van der Waals surface area contributed by atoms with Gasteiger partial charge >= 0.3 is 5.97 Å². The lowest BCUT2D eigenvalue weighted by atomic mass is 9.82. The predicted molar refractivity (Wildman–Crippen MR) is 176 cm³/mol. The highest BCUT2D eigenvalue weighted by Crippen LogP contribution is 2.45. The highest BCUT2D eigenvalue weighted by atomic mass is 19.1. The van der Waals surface area contributed by atoms with Gasteiger partial charge in [-0.25, -0.2) is 4.39 Å². The Kier molecular flexibility index (Phi) is 11.6. The van der Waals surface area contributed by atoms with Crippen molar-refractivity contribution in [1.82, 2.24) is 4.57 Å². The molecule has 1 heterocycles. The second kappa shape index (κ2) is 15.2. The zero-order chi connectivity index (χ0) is 32.7. The standard InChI is InChI=1S/C37H49FN2O5/c1-24(2)34-33(36(44)39-28-14-10-7-11-15-28)32(25-12-8-6-9-13-25)35(26-16-18-27(38)19-17-26)40(34)21-20-29(41)22-30(42)23-31(43)45-37(3,4)5/h6-15,24,26-27,29-30,41-42H,16-23H2,1-5H3,(H,39,44)/t26?,27?,29-,30-/m1/s1. The minimum atomic E-state index is -1.05. The first kappa shape index (κ1) is 34.4. The average molecular weight is 621 g/mol. The predicted octanol–water partition coefficient (Wildman–Crippen LogP) is 7.76. The van der Waals surface area contributed by atoms with Crippen LogP contribution in [0.25, 0.3) is 11.1 Å². The van der Waals surface area contributed by atoms with E-state index in [1.54, 1.807) is 20.8 Å². The molecule has 1 saturated carbocycles. The largest absolute Gasteiger partial charge is 0.460 e. The summed E-state index contributed by atoms with van der Waals surface area (Å²) in [4.78, 5) is 26.4. The molecule has 0 saturated heterocycles. The molecule has 244 valence electrons. The van der Waals surface area contributed by atoms with E-state index >= 15 is 0 Å². The van der Waals surface area contributed by atoms with Gasteiger partial charge in [-0.1, -0.05) is 62.4 Å². The Morgan fingerprint density at radius 3 is 2.13 bits per heavy atom. The van der Waals surface area contributed by atoms with Crippen LogP contribution < -0.4 is 5.32 Å². The number of nitrogens with one attached hydrogen (secondary N) is 1. The van der Waals surface area contributed by atoms with Gasteiger partial charge in [-0.2, -0.15) is 0 Å². The van der Waals surface area contributed by atoms with Gasteiger partial charge < -0.3 is 24.8 Å². The smallest absolute Gasteiger partial charge is 0.308 e. The molecule has 0 bridgehead atoms.